The first kappa shape index (κ1) is 16.7. The summed E-state index contributed by atoms with van der Waals surface area (Å²) >= 11 is 0. The average molecular weight is 335 g/mol. The van der Waals surface area contributed by atoms with Crippen LogP contribution >= 0.6 is 0 Å². The number of piperidine rings is 1. The number of hydroxylamine groups is 2. The van der Waals surface area contributed by atoms with Crippen molar-refractivity contribution < 1.29 is 12.7 Å². The summed E-state index contributed by atoms with van der Waals surface area (Å²) in [5.74, 6) is 0.693. The van der Waals surface area contributed by atoms with Gasteiger partial charge in [-0.2, -0.15) is 17.8 Å². The number of hydrogen-bond donors (Lipinski definition) is 0. The van der Waals surface area contributed by atoms with Crippen LogP contribution < -0.4 is 0 Å². The van der Waals surface area contributed by atoms with Crippen LogP contribution in [0.2, 0.25) is 0 Å². The highest BCUT2D eigenvalue weighted by molar-refractivity contribution is 7.85. The molecule has 126 valence electrons. The van der Waals surface area contributed by atoms with Gasteiger partial charge in [-0.3, -0.25) is 0 Å². The second-order valence-corrected chi connectivity index (χ2v) is 8.28. The van der Waals surface area contributed by atoms with E-state index < -0.39 is 10.1 Å². The monoisotopic (exact) mass is 335 g/mol. The first-order valence-corrected chi connectivity index (χ1v) is 10.2. The van der Waals surface area contributed by atoms with Crippen LogP contribution in [-0.4, -0.2) is 32.8 Å². The molecule has 2 aliphatic rings. The first-order valence-electron chi connectivity index (χ1n) is 8.41. The summed E-state index contributed by atoms with van der Waals surface area (Å²) in [6.07, 6.45) is 10.2. The van der Waals surface area contributed by atoms with Crippen LogP contribution in [0.1, 0.15) is 43.2 Å². The number of hydrogen-bond acceptors (Lipinski definition) is 4. The van der Waals surface area contributed by atoms with Gasteiger partial charge in [0.05, 0.1) is 6.26 Å². The highest BCUT2D eigenvalue weighted by Crippen LogP contribution is 2.29. The molecule has 3 rings (SSSR count). The fraction of sp³-hybridized carbons (Fsp3) is 0.556. The van der Waals surface area contributed by atoms with E-state index in [-0.39, 0.29) is 0 Å². The summed E-state index contributed by atoms with van der Waals surface area (Å²) in [6, 6.07) is 8.63. The summed E-state index contributed by atoms with van der Waals surface area (Å²) < 4.78 is 27.2. The van der Waals surface area contributed by atoms with E-state index in [4.69, 9.17) is 4.28 Å². The molecule has 0 bridgehead atoms. The van der Waals surface area contributed by atoms with Crippen LogP contribution in [0.5, 0.6) is 0 Å². The van der Waals surface area contributed by atoms with Gasteiger partial charge < -0.3 is 0 Å². The lowest BCUT2D eigenvalue weighted by molar-refractivity contribution is -0.0753. The van der Waals surface area contributed by atoms with Gasteiger partial charge in [0.1, 0.15) is 0 Å². The minimum absolute atomic E-state index is 0.693. The minimum atomic E-state index is -3.38. The number of allylic oxidation sites excluding steroid dienone is 1. The van der Waals surface area contributed by atoms with E-state index in [1.165, 1.54) is 30.4 Å². The zero-order valence-electron chi connectivity index (χ0n) is 13.7. The van der Waals surface area contributed by atoms with Crippen molar-refractivity contribution in [2.24, 2.45) is 5.92 Å². The number of rotatable bonds is 6. The van der Waals surface area contributed by atoms with Gasteiger partial charge in [-0.15, -0.1) is 0 Å². The van der Waals surface area contributed by atoms with Crippen LogP contribution in [0.25, 0.3) is 6.08 Å². The smallest absolute Gasteiger partial charge is 0.198 e. The first-order chi connectivity index (χ1) is 11.0. The van der Waals surface area contributed by atoms with Crippen molar-refractivity contribution in [2.75, 3.05) is 19.3 Å². The Morgan fingerprint density at radius 1 is 1.22 bits per heavy atom. The third-order valence-electron chi connectivity index (χ3n) is 4.76. The maximum Gasteiger partial charge on any atom is 0.280 e. The van der Waals surface area contributed by atoms with Crippen molar-refractivity contribution in [3.63, 3.8) is 0 Å². The third-order valence-corrected chi connectivity index (χ3v) is 5.24. The largest absolute Gasteiger partial charge is 0.280 e. The van der Waals surface area contributed by atoms with Crippen LogP contribution in [0.15, 0.2) is 29.8 Å². The highest BCUT2D eigenvalue weighted by atomic mass is 32.2. The zero-order valence-corrected chi connectivity index (χ0v) is 14.5. The van der Waals surface area contributed by atoms with Gasteiger partial charge in [-0.05, 0) is 49.1 Å². The minimum Gasteiger partial charge on any atom is -0.198 e. The van der Waals surface area contributed by atoms with Crippen LogP contribution in [0.4, 0.5) is 0 Å². The topological polar surface area (TPSA) is 46.6 Å². The third kappa shape index (κ3) is 4.90. The van der Waals surface area contributed by atoms with E-state index >= 15 is 0 Å². The van der Waals surface area contributed by atoms with Crippen LogP contribution in [0.3, 0.4) is 0 Å². The molecule has 0 spiro atoms. The molecule has 1 aromatic carbocycles. The molecule has 0 radical (unpaired) electrons. The summed E-state index contributed by atoms with van der Waals surface area (Å²) in [5, 5.41) is 1.59. The van der Waals surface area contributed by atoms with Gasteiger partial charge in [0.2, 0.25) is 0 Å². The second-order valence-electron chi connectivity index (χ2n) is 6.72. The zero-order chi connectivity index (χ0) is 16.3. The van der Waals surface area contributed by atoms with Gasteiger partial charge in [0, 0.05) is 13.1 Å². The van der Waals surface area contributed by atoms with E-state index in [0.29, 0.717) is 19.0 Å². The summed E-state index contributed by atoms with van der Waals surface area (Å²) in [7, 11) is -3.38. The summed E-state index contributed by atoms with van der Waals surface area (Å²) in [5.41, 5.74) is 4.38. The molecule has 1 aliphatic heterocycles. The lowest BCUT2D eigenvalue weighted by atomic mass is 9.91. The lowest BCUT2D eigenvalue weighted by Gasteiger charge is -2.29. The molecule has 0 unspecified atom stereocenters. The maximum atomic E-state index is 11.1. The lowest BCUT2D eigenvalue weighted by Crippen LogP contribution is -2.35. The van der Waals surface area contributed by atoms with Crippen molar-refractivity contribution in [1.29, 1.82) is 0 Å². The van der Waals surface area contributed by atoms with Crippen molar-refractivity contribution in [2.45, 2.75) is 38.5 Å². The molecule has 1 heterocycles. The Morgan fingerprint density at radius 3 is 2.65 bits per heavy atom. The van der Waals surface area contributed by atoms with E-state index in [9.17, 15) is 8.42 Å². The molecule has 0 amide bonds. The molecule has 1 saturated heterocycles. The van der Waals surface area contributed by atoms with E-state index in [1.54, 1.807) is 10.6 Å². The van der Waals surface area contributed by atoms with E-state index in [2.05, 4.69) is 30.3 Å². The molecule has 0 aromatic heterocycles. The van der Waals surface area contributed by atoms with Crippen LogP contribution in [0, 0.1) is 5.92 Å². The van der Waals surface area contributed by atoms with Crippen molar-refractivity contribution in [3.05, 3.63) is 41.0 Å². The normalized spacial score (nSPS) is 19.6. The number of nitrogens with zero attached hydrogens (tertiary/aromatic N) is 1. The quantitative estimate of drug-likeness (QED) is 0.799. The highest BCUT2D eigenvalue weighted by Gasteiger charge is 2.22. The van der Waals surface area contributed by atoms with Gasteiger partial charge in [-0.25, -0.2) is 0 Å². The Balaban J connectivity index is 1.37. The average Bonchev–Trinajstić information content (AvgIpc) is 2.90. The Kier molecular flexibility index (Phi) is 5.19. The molecule has 23 heavy (non-hydrogen) atoms. The van der Waals surface area contributed by atoms with Crippen molar-refractivity contribution >= 4 is 16.2 Å². The molecule has 1 aromatic rings. The van der Waals surface area contributed by atoms with Gasteiger partial charge in [-0.1, -0.05) is 42.3 Å². The van der Waals surface area contributed by atoms with Crippen molar-refractivity contribution in [1.82, 2.24) is 5.06 Å². The van der Waals surface area contributed by atoms with Gasteiger partial charge >= 0.3 is 0 Å². The van der Waals surface area contributed by atoms with E-state index in [1.807, 2.05) is 0 Å². The number of benzene rings is 1. The fourth-order valence-corrected chi connectivity index (χ4v) is 4.13. The number of fused-ring (bicyclic) bond motifs is 1. The molecular weight excluding hydrogens is 310 g/mol. The molecule has 5 heteroatoms. The Morgan fingerprint density at radius 2 is 1.96 bits per heavy atom. The molecular formula is C18H25NO3S. The molecule has 1 fully saturated rings. The predicted octanol–water partition coefficient (Wildman–Crippen LogP) is 3.40. The van der Waals surface area contributed by atoms with Crippen LogP contribution in [-0.2, 0) is 20.8 Å². The molecule has 4 nitrogen and oxygen atoms in total. The molecule has 0 saturated carbocycles. The predicted molar refractivity (Wildman–Crippen MR) is 92.2 cm³/mol. The standard InChI is InChI=1S/C18H25NO3S/c1-23(20,21)22-19-11-9-15(10-12-19)5-4-6-16-13-17-7-2-3-8-18(17)14-16/h2-3,7-8,13,15H,4-6,9-12,14H2,1H3. The SMILES string of the molecule is CS(=O)(=O)ON1CCC(CCCC2=Cc3ccccc3C2)CC1. The molecule has 0 N–H and O–H groups in total. The Labute approximate surface area is 139 Å². The van der Waals surface area contributed by atoms with Gasteiger partial charge in [0.25, 0.3) is 10.1 Å². The fourth-order valence-electron chi connectivity index (χ4n) is 3.59. The second kappa shape index (κ2) is 7.16. The molecule has 1 aliphatic carbocycles. The molecule has 0 atom stereocenters. The van der Waals surface area contributed by atoms with Crippen molar-refractivity contribution in [3.8, 4) is 0 Å². The maximum absolute atomic E-state index is 11.1. The Hall–Kier alpha value is -1.17. The summed E-state index contributed by atoms with van der Waals surface area (Å²) in [6.45, 7) is 1.43. The summed E-state index contributed by atoms with van der Waals surface area (Å²) in [4.78, 5) is 0. The van der Waals surface area contributed by atoms with Gasteiger partial charge in [0.15, 0.2) is 0 Å². The van der Waals surface area contributed by atoms with E-state index in [0.717, 1.165) is 25.5 Å². The Bertz CT molecular complexity index is 673.